The van der Waals surface area contributed by atoms with Crippen molar-refractivity contribution in [2.24, 2.45) is 7.05 Å². The van der Waals surface area contributed by atoms with E-state index >= 15 is 0 Å². The molecule has 3 fully saturated rings. The van der Waals surface area contributed by atoms with Gasteiger partial charge in [-0.1, -0.05) is 12.1 Å². The molecule has 200 valence electrons. The fourth-order valence-corrected chi connectivity index (χ4v) is 6.06. The molecule has 36 heavy (non-hydrogen) atoms. The third-order valence-corrected chi connectivity index (χ3v) is 8.05. The van der Waals surface area contributed by atoms with Gasteiger partial charge in [-0.3, -0.25) is 0 Å². The molecule has 1 saturated carbocycles. The Morgan fingerprint density at radius 3 is 2.50 bits per heavy atom. The maximum absolute atomic E-state index is 11.8. The Balaban J connectivity index is 1.36. The molecule has 1 aromatic heterocycles. The lowest BCUT2D eigenvalue weighted by Gasteiger charge is -2.60. The van der Waals surface area contributed by atoms with Crippen molar-refractivity contribution in [1.82, 2.24) is 20.5 Å². The number of hydrogen-bond donors (Lipinski definition) is 7. The van der Waals surface area contributed by atoms with Gasteiger partial charge in [0.15, 0.2) is 0 Å². The molecular formula is C25H38N4O7. The molecule has 10 atom stereocenters. The van der Waals surface area contributed by atoms with Crippen molar-refractivity contribution in [3.63, 3.8) is 0 Å². The molecule has 11 nitrogen and oxygen atoms in total. The van der Waals surface area contributed by atoms with Gasteiger partial charge in [0.1, 0.15) is 23.9 Å². The van der Waals surface area contributed by atoms with E-state index in [9.17, 15) is 20.4 Å². The second kappa shape index (κ2) is 9.59. The Bertz CT molecular complexity index is 1080. The Morgan fingerprint density at radius 1 is 1.03 bits per heavy atom. The second-order valence-corrected chi connectivity index (χ2v) is 10.4. The first-order chi connectivity index (χ1) is 17.1. The number of likely N-dealkylation sites (N-methyl/N-ethyl adjacent to an activating group) is 2. The molecule has 1 aliphatic carbocycles. The highest BCUT2D eigenvalue weighted by Crippen LogP contribution is 2.46. The summed E-state index contributed by atoms with van der Waals surface area (Å²) in [6.45, 7) is 2.26. The van der Waals surface area contributed by atoms with E-state index < -0.39 is 60.3 Å². The lowest BCUT2D eigenvalue weighted by molar-refractivity contribution is -0.482. The molecule has 10 unspecified atom stereocenters. The van der Waals surface area contributed by atoms with Crippen LogP contribution in [0, 0.1) is 0 Å². The molecule has 0 bridgehead atoms. The minimum Gasteiger partial charge on any atom is -0.390 e. The number of aromatic nitrogens is 1. The van der Waals surface area contributed by atoms with Crippen molar-refractivity contribution < 1.29 is 34.6 Å². The molecule has 2 aromatic rings. The van der Waals surface area contributed by atoms with Crippen LogP contribution in [0.1, 0.15) is 18.9 Å². The van der Waals surface area contributed by atoms with Crippen molar-refractivity contribution in [3.8, 4) is 0 Å². The third kappa shape index (κ3) is 4.08. The highest BCUT2D eigenvalue weighted by atomic mass is 16.8. The summed E-state index contributed by atoms with van der Waals surface area (Å²) >= 11 is 0. The van der Waals surface area contributed by atoms with Crippen molar-refractivity contribution in [2.45, 2.75) is 80.2 Å². The van der Waals surface area contributed by atoms with Gasteiger partial charge < -0.3 is 55.2 Å². The van der Waals surface area contributed by atoms with E-state index in [1.54, 1.807) is 21.0 Å². The van der Waals surface area contributed by atoms with Crippen LogP contribution in [0.15, 0.2) is 30.5 Å². The van der Waals surface area contributed by atoms with Gasteiger partial charge in [-0.15, -0.1) is 0 Å². The van der Waals surface area contributed by atoms with Crippen LogP contribution in [-0.2, 0) is 27.8 Å². The lowest BCUT2D eigenvalue weighted by Crippen LogP contribution is -2.81. The summed E-state index contributed by atoms with van der Waals surface area (Å²) in [6, 6.07) is 6.86. The summed E-state index contributed by atoms with van der Waals surface area (Å²) in [5.74, 6) is -2.23. The molecule has 0 radical (unpaired) electrons. The second-order valence-electron chi connectivity index (χ2n) is 10.4. The fraction of sp³-hybridized carbons (Fsp3) is 0.680. The molecule has 2 aliphatic heterocycles. The number of fused-ring (bicyclic) bond motifs is 3. The normalized spacial score (nSPS) is 42.8. The maximum atomic E-state index is 11.8. The first-order valence-electron chi connectivity index (χ1n) is 12.5. The summed E-state index contributed by atoms with van der Waals surface area (Å²) in [4.78, 5) is 0. The van der Waals surface area contributed by atoms with Crippen LogP contribution in [-0.4, -0.2) is 106 Å². The van der Waals surface area contributed by atoms with Crippen LogP contribution in [0.2, 0.25) is 0 Å². The summed E-state index contributed by atoms with van der Waals surface area (Å²) in [6.07, 6.45) is -3.64. The zero-order chi connectivity index (χ0) is 25.8. The Hall–Kier alpha value is -1.64. The monoisotopic (exact) mass is 506 g/mol. The van der Waals surface area contributed by atoms with Gasteiger partial charge in [0.05, 0.1) is 24.3 Å². The number of aliphatic hydroxyl groups excluding tert-OH is 2. The molecule has 1 aromatic carbocycles. The average molecular weight is 507 g/mol. The molecule has 11 heteroatoms. The molecule has 5 rings (SSSR count). The summed E-state index contributed by atoms with van der Waals surface area (Å²) in [7, 11) is 5.29. The van der Waals surface area contributed by atoms with Crippen molar-refractivity contribution in [1.29, 1.82) is 0 Å². The SMILES string of the molecule is CNC1C(O)C(NC)C2OC3(O)C(OC(C)CC3(O)CNCc3ccc4ccn(C)c4c3)OC2C1O. The molecule has 3 heterocycles. The van der Waals surface area contributed by atoms with Crippen LogP contribution >= 0.6 is 0 Å². The average Bonchev–Trinajstić information content (AvgIpc) is 3.20. The molecule has 0 amide bonds. The number of benzene rings is 1. The lowest BCUT2D eigenvalue weighted by atomic mass is 9.77. The zero-order valence-corrected chi connectivity index (χ0v) is 21.1. The predicted molar refractivity (Wildman–Crippen MR) is 131 cm³/mol. The third-order valence-electron chi connectivity index (χ3n) is 8.05. The van der Waals surface area contributed by atoms with E-state index in [4.69, 9.17) is 14.2 Å². The van der Waals surface area contributed by atoms with Crippen molar-refractivity contribution in [2.75, 3.05) is 20.6 Å². The standard InChI is InChI=1S/C25H38N4O7/c1-13-10-24(32,12-28-11-14-5-6-15-7-8-29(4)16(15)9-14)25(33)23(34-13)35-22-20(31)17(26-2)19(30)18(27-3)21(22)36-25/h5-9,13,17-23,26-28,30-33H,10-12H2,1-4H3. The summed E-state index contributed by atoms with van der Waals surface area (Å²) in [5, 5.41) is 55.6. The van der Waals surface area contributed by atoms with Crippen LogP contribution in [0.4, 0.5) is 0 Å². The molecular weight excluding hydrogens is 468 g/mol. The highest BCUT2D eigenvalue weighted by molar-refractivity contribution is 5.80. The van der Waals surface area contributed by atoms with Crippen molar-refractivity contribution >= 4 is 10.9 Å². The van der Waals surface area contributed by atoms with Crippen LogP contribution in [0.25, 0.3) is 10.9 Å². The Kier molecular flexibility index (Phi) is 6.92. The minimum atomic E-state index is -2.23. The number of hydrogen-bond acceptors (Lipinski definition) is 10. The van der Waals surface area contributed by atoms with Crippen LogP contribution in [0.5, 0.6) is 0 Å². The number of ether oxygens (including phenoxy) is 3. The topological polar surface area (TPSA) is 150 Å². The summed E-state index contributed by atoms with van der Waals surface area (Å²) < 4.78 is 20.1. The fourth-order valence-electron chi connectivity index (χ4n) is 6.06. The van der Waals surface area contributed by atoms with Gasteiger partial charge in [0.25, 0.3) is 0 Å². The Morgan fingerprint density at radius 2 is 1.78 bits per heavy atom. The minimum absolute atomic E-state index is 0.00802. The van der Waals surface area contributed by atoms with Gasteiger partial charge in [-0.05, 0) is 44.1 Å². The van der Waals surface area contributed by atoms with Crippen LogP contribution < -0.4 is 16.0 Å². The number of aryl methyl sites for hydroxylation is 1. The number of aliphatic hydroxyl groups is 4. The van der Waals surface area contributed by atoms with Crippen molar-refractivity contribution in [3.05, 3.63) is 36.0 Å². The van der Waals surface area contributed by atoms with Gasteiger partial charge in [0, 0.05) is 38.3 Å². The van der Waals surface area contributed by atoms with E-state index in [1.807, 2.05) is 23.9 Å². The first kappa shape index (κ1) is 26.0. The number of rotatable bonds is 6. The molecule has 2 saturated heterocycles. The number of nitrogens with one attached hydrogen (secondary N) is 3. The van der Waals surface area contributed by atoms with E-state index in [1.165, 1.54) is 0 Å². The largest absolute Gasteiger partial charge is 0.390 e. The first-order valence-corrected chi connectivity index (χ1v) is 12.5. The van der Waals surface area contributed by atoms with Crippen LogP contribution in [0.3, 0.4) is 0 Å². The van der Waals surface area contributed by atoms with E-state index in [2.05, 4.69) is 34.1 Å². The molecule has 3 aliphatic rings. The quantitative estimate of drug-likeness (QED) is 0.247. The predicted octanol–water partition coefficient (Wildman–Crippen LogP) is -1.48. The van der Waals surface area contributed by atoms with E-state index in [0.717, 1.165) is 16.5 Å². The zero-order valence-electron chi connectivity index (χ0n) is 21.1. The highest BCUT2D eigenvalue weighted by Gasteiger charge is 2.68. The van der Waals surface area contributed by atoms with E-state index in [-0.39, 0.29) is 13.0 Å². The van der Waals surface area contributed by atoms with Gasteiger partial charge in [-0.2, -0.15) is 0 Å². The number of nitrogens with zero attached hydrogens (tertiary/aromatic N) is 1. The van der Waals surface area contributed by atoms with Gasteiger partial charge in [0.2, 0.25) is 12.1 Å². The van der Waals surface area contributed by atoms with Gasteiger partial charge >= 0.3 is 0 Å². The van der Waals surface area contributed by atoms with Gasteiger partial charge in [-0.25, -0.2) is 0 Å². The summed E-state index contributed by atoms with van der Waals surface area (Å²) in [5.41, 5.74) is 0.377. The molecule has 7 N–H and O–H groups in total. The van der Waals surface area contributed by atoms with E-state index in [0.29, 0.717) is 6.54 Å². The molecule has 0 spiro atoms. The maximum Gasteiger partial charge on any atom is 0.249 e. The smallest absolute Gasteiger partial charge is 0.249 e. The Labute approximate surface area is 210 Å².